The molecule has 1 aliphatic rings. The van der Waals surface area contributed by atoms with Crippen LogP contribution in [0.25, 0.3) is 0 Å². The van der Waals surface area contributed by atoms with Gasteiger partial charge in [-0.3, -0.25) is 9.48 Å². The third kappa shape index (κ3) is 3.12. The molecule has 0 saturated carbocycles. The van der Waals surface area contributed by atoms with E-state index >= 15 is 0 Å². The summed E-state index contributed by atoms with van der Waals surface area (Å²) in [7, 11) is 3.30. The van der Waals surface area contributed by atoms with Crippen molar-refractivity contribution in [2.45, 2.75) is 25.1 Å². The van der Waals surface area contributed by atoms with Crippen molar-refractivity contribution >= 4 is 5.91 Å². The lowest BCUT2D eigenvalue weighted by atomic mass is 10.2. The average Bonchev–Trinajstić information content (AvgIpc) is 2.92. The fourth-order valence-corrected chi connectivity index (χ4v) is 2.41. The van der Waals surface area contributed by atoms with Crippen molar-refractivity contribution in [3.05, 3.63) is 17.5 Å². The highest BCUT2D eigenvalue weighted by Gasteiger charge is 2.39. The summed E-state index contributed by atoms with van der Waals surface area (Å²) >= 11 is 0. The standard InChI is InChI=1S/C12H17F3N4O/c1-18-5-3-4-8(18)6-16-11(20)9-7-19(2)17-10(9)12(13,14)15/h7-8H,3-6H2,1-2H3,(H,16,20)/t8-/m1/s1. The van der Waals surface area contributed by atoms with Gasteiger partial charge in [-0.05, 0) is 26.4 Å². The minimum absolute atomic E-state index is 0.185. The lowest BCUT2D eigenvalue weighted by Crippen LogP contribution is -2.38. The van der Waals surface area contributed by atoms with E-state index < -0.39 is 23.3 Å². The molecule has 0 bridgehead atoms. The molecular formula is C12H17F3N4O. The van der Waals surface area contributed by atoms with Crippen LogP contribution in [-0.4, -0.2) is 46.8 Å². The van der Waals surface area contributed by atoms with E-state index in [1.165, 1.54) is 7.05 Å². The second-order valence-corrected chi connectivity index (χ2v) is 5.05. The number of hydrogen-bond acceptors (Lipinski definition) is 3. The van der Waals surface area contributed by atoms with E-state index in [2.05, 4.69) is 15.3 Å². The number of likely N-dealkylation sites (N-methyl/N-ethyl adjacent to an activating group) is 1. The molecule has 1 aromatic heterocycles. The summed E-state index contributed by atoms with van der Waals surface area (Å²) in [5, 5.41) is 5.88. The number of aryl methyl sites for hydroxylation is 1. The first-order chi connectivity index (χ1) is 9.29. The van der Waals surface area contributed by atoms with E-state index in [9.17, 15) is 18.0 Å². The molecule has 8 heteroatoms. The number of nitrogens with zero attached hydrogens (tertiary/aromatic N) is 3. The van der Waals surface area contributed by atoms with E-state index in [0.717, 1.165) is 30.3 Å². The maximum Gasteiger partial charge on any atom is 0.435 e. The van der Waals surface area contributed by atoms with Crippen LogP contribution in [0.5, 0.6) is 0 Å². The summed E-state index contributed by atoms with van der Waals surface area (Å²) in [5.41, 5.74) is -1.57. The first-order valence-electron chi connectivity index (χ1n) is 6.38. The lowest BCUT2D eigenvalue weighted by Gasteiger charge is -2.19. The number of nitrogens with one attached hydrogen (secondary N) is 1. The Labute approximate surface area is 114 Å². The molecule has 1 N–H and O–H groups in total. The molecule has 1 saturated heterocycles. The first kappa shape index (κ1) is 14.8. The normalized spacial score (nSPS) is 20.4. The van der Waals surface area contributed by atoms with Crippen molar-refractivity contribution in [2.24, 2.45) is 7.05 Å². The van der Waals surface area contributed by atoms with E-state index in [0.29, 0.717) is 6.54 Å². The van der Waals surface area contributed by atoms with Gasteiger partial charge in [0.25, 0.3) is 5.91 Å². The van der Waals surface area contributed by atoms with Crippen LogP contribution in [0.2, 0.25) is 0 Å². The molecule has 112 valence electrons. The zero-order valence-corrected chi connectivity index (χ0v) is 11.4. The van der Waals surface area contributed by atoms with Crippen LogP contribution in [0.3, 0.4) is 0 Å². The highest BCUT2D eigenvalue weighted by molar-refractivity contribution is 5.95. The van der Waals surface area contributed by atoms with Crippen molar-refractivity contribution in [1.29, 1.82) is 0 Å². The quantitative estimate of drug-likeness (QED) is 0.912. The monoisotopic (exact) mass is 290 g/mol. The Kier molecular flexibility index (Phi) is 4.03. The topological polar surface area (TPSA) is 50.2 Å². The number of hydrogen-bond donors (Lipinski definition) is 1. The summed E-state index contributed by atoms with van der Waals surface area (Å²) in [5.74, 6) is -0.731. The molecule has 1 atom stereocenters. The Balaban J connectivity index is 2.06. The predicted octanol–water partition coefficient (Wildman–Crippen LogP) is 1.26. The Morgan fingerprint density at radius 2 is 2.20 bits per heavy atom. The predicted molar refractivity (Wildman–Crippen MR) is 66.2 cm³/mol. The number of amides is 1. The van der Waals surface area contributed by atoms with Crippen LogP contribution in [0.4, 0.5) is 13.2 Å². The van der Waals surface area contributed by atoms with Crippen molar-refractivity contribution in [2.75, 3.05) is 20.1 Å². The number of alkyl halides is 3. The summed E-state index contributed by atoms with van der Waals surface area (Å²) in [6.07, 6.45) is -1.55. The van der Waals surface area contributed by atoms with Gasteiger partial charge in [0.15, 0.2) is 5.69 Å². The van der Waals surface area contributed by atoms with Crippen LogP contribution in [0.1, 0.15) is 28.9 Å². The summed E-state index contributed by atoms with van der Waals surface area (Å²) < 4.78 is 39.3. The molecule has 20 heavy (non-hydrogen) atoms. The molecule has 5 nitrogen and oxygen atoms in total. The van der Waals surface area contributed by atoms with Gasteiger partial charge < -0.3 is 10.2 Å². The number of carbonyl (C=O) groups excluding carboxylic acids is 1. The molecule has 0 spiro atoms. The van der Waals surface area contributed by atoms with Gasteiger partial charge >= 0.3 is 6.18 Å². The van der Waals surface area contributed by atoms with Crippen LogP contribution in [0, 0.1) is 0 Å². The zero-order valence-electron chi connectivity index (χ0n) is 11.4. The minimum atomic E-state index is -4.63. The number of aromatic nitrogens is 2. The fraction of sp³-hybridized carbons (Fsp3) is 0.667. The smallest absolute Gasteiger partial charge is 0.350 e. The summed E-state index contributed by atoms with van der Waals surface area (Å²) in [6.45, 7) is 1.29. The second kappa shape index (κ2) is 5.43. The van der Waals surface area contributed by atoms with Crippen molar-refractivity contribution in [3.8, 4) is 0 Å². The van der Waals surface area contributed by atoms with Crippen molar-refractivity contribution in [3.63, 3.8) is 0 Å². The van der Waals surface area contributed by atoms with E-state index in [4.69, 9.17) is 0 Å². The second-order valence-electron chi connectivity index (χ2n) is 5.05. The molecule has 0 radical (unpaired) electrons. The van der Waals surface area contributed by atoms with E-state index in [-0.39, 0.29) is 6.04 Å². The van der Waals surface area contributed by atoms with Gasteiger partial charge in [-0.1, -0.05) is 0 Å². The zero-order chi connectivity index (χ0) is 14.9. The summed E-state index contributed by atoms with van der Waals surface area (Å²) in [4.78, 5) is 14.0. The Hall–Kier alpha value is -1.57. The van der Waals surface area contributed by atoms with Crippen LogP contribution in [-0.2, 0) is 13.2 Å². The fourth-order valence-electron chi connectivity index (χ4n) is 2.41. The number of likely N-dealkylation sites (tertiary alicyclic amines) is 1. The maximum atomic E-state index is 12.8. The Morgan fingerprint density at radius 3 is 2.75 bits per heavy atom. The van der Waals surface area contributed by atoms with Crippen LogP contribution >= 0.6 is 0 Å². The average molecular weight is 290 g/mol. The number of carbonyl (C=O) groups is 1. The summed E-state index contributed by atoms with van der Waals surface area (Å²) in [6, 6.07) is 0.185. The largest absolute Gasteiger partial charge is 0.435 e. The van der Waals surface area contributed by atoms with Gasteiger partial charge in [0, 0.05) is 25.8 Å². The highest BCUT2D eigenvalue weighted by atomic mass is 19.4. The third-order valence-corrected chi connectivity index (χ3v) is 3.51. The van der Waals surface area contributed by atoms with Crippen molar-refractivity contribution < 1.29 is 18.0 Å². The first-order valence-corrected chi connectivity index (χ1v) is 6.38. The molecule has 0 aliphatic carbocycles. The molecule has 2 heterocycles. The molecule has 0 unspecified atom stereocenters. The van der Waals surface area contributed by atoms with E-state index in [1.807, 2.05) is 7.05 Å². The molecule has 2 rings (SSSR count). The van der Waals surface area contributed by atoms with E-state index in [1.54, 1.807) is 0 Å². The molecule has 1 aromatic rings. The molecular weight excluding hydrogens is 273 g/mol. The minimum Gasteiger partial charge on any atom is -0.350 e. The third-order valence-electron chi connectivity index (χ3n) is 3.51. The van der Waals surface area contributed by atoms with Crippen LogP contribution < -0.4 is 5.32 Å². The Bertz CT molecular complexity index is 497. The van der Waals surface area contributed by atoms with Gasteiger partial charge in [0.2, 0.25) is 0 Å². The molecule has 1 amide bonds. The molecule has 1 aliphatic heterocycles. The number of halogens is 3. The van der Waals surface area contributed by atoms with Crippen LogP contribution in [0.15, 0.2) is 6.20 Å². The lowest BCUT2D eigenvalue weighted by molar-refractivity contribution is -0.141. The van der Waals surface area contributed by atoms with Gasteiger partial charge in [0.1, 0.15) is 0 Å². The SMILES string of the molecule is CN1CCC[C@@H]1CNC(=O)c1cn(C)nc1C(F)(F)F. The van der Waals surface area contributed by atoms with Gasteiger partial charge in [-0.2, -0.15) is 18.3 Å². The van der Waals surface area contributed by atoms with Gasteiger partial charge in [-0.25, -0.2) is 0 Å². The number of rotatable bonds is 3. The molecule has 0 aromatic carbocycles. The Morgan fingerprint density at radius 1 is 1.50 bits per heavy atom. The van der Waals surface area contributed by atoms with Gasteiger partial charge in [0.05, 0.1) is 5.56 Å². The highest BCUT2D eigenvalue weighted by Crippen LogP contribution is 2.30. The van der Waals surface area contributed by atoms with Crippen molar-refractivity contribution in [1.82, 2.24) is 20.0 Å². The van der Waals surface area contributed by atoms with Gasteiger partial charge in [-0.15, -0.1) is 0 Å². The maximum absolute atomic E-state index is 12.8. The molecule has 1 fully saturated rings.